The molecular weight excluding hydrogens is 309 g/mol. The fraction of sp³-hybridized carbons (Fsp3) is 0.444. The Hall–Kier alpha value is -2.21. The van der Waals surface area contributed by atoms with Crippen LogP contribution in [0.4, 0.5) is 4.39 Å². The molecular formula is C18H24FN3O2. The Morgan fingerprint density at radius 3 is 2.46 bits per heavy atom. The first-order chi connectivity index (χ1) is 11.5. The molecule has 0 atom stereocenters. The maximum Gasteiger partial charge on any atom is 0.244 e. The van der Waals surface area contributed by atoms with Crippen LogP contribution >= 0.6 is 0 Å². The molecule has 2 amide bonds. The number of likely N-dealkylation sites (N-methyl/N-ethyl adjacent to an activating group) is 1. The standard InChI is InChI=1S/C18H24FN3O2/c1-13(14-3-5-15(19)6-4-14)11-17(23)21-16-7-9-22(10-8-16)12-18(24)20-2/h3-6,11,16H,7-10,12H2,1-2H3,(H,20,24)(H,21,23)/b13-11-. The maximum absolute atomic E-state index is 12.9. The van der Waals surface area contributed by atoms with Gasteiger partial charge in [-0.25, -0.2) is 4.39 Å². The molecule has 0 unspecified atom stereocenters. The van der Waals surface area contributed by atoms with E-state index in [1.807, 2.05) is 6.92 Å². The molecule has 130 valence electrons. The highest BCUT2D eigenvalue weighted by Crippen LogP contribution is 2.15. The molecule has 5 nitrogen and oxygen atoms in total. The van der Waals surface area contributed by atoms with Crippen molar-refractivity contribution in [1.29, 1.82) is 0 Å². The molecule has 0 bridgehead atoms. The maximum atomic E-state index is 12.9. The van der Waals surface area contributed by atoms with Gasteiger partial charge in [-0.15, -0.1) is 0 Å². The van der Waals surface area contributed by atoms with Crippen LogP contribution in [0.25, 0.3) is 5.57 Å². The minimum atomic E-state index is -0.292. The number of amides is 2. The van der Waals surface area contributed by atoms with Crippen molar-refractivity contribution in [3.8, 4) is 0 Å². The van der Waals surface area contributed by atoms with E-state index >= 15 is 0 Å². The fourth-order valence-corrected chi connectivity index (χ4v) is 2.75. The van der Waals surface area contributed by atoms with Gasteiger partial charge in [0.2, 0.25) is 11.8 Å². The third-order valence-electron chi connectivity index (χ3n) is 4.23. The molecule has 6 heteroatoms. The number of piperidine rings is 1. The van der Waals surface area contributed by atoms with Gasteiger partial charge in [-0.1, -0.05) is 12.1 Å². The van der Waals surface area contributed by atoms with Gasteiger partial charge in [0.25, 0.3) is 0 Å². The lowest BCUT2D eigenvalue weighted by Crippen LogP contribution is -2.46. The molecule has 1 fully saturated rings. The minimum Gasteiger partial charge on any atom is -0.358 e. The Kier molecular flexibility index (Phi) is 6.49. The van der Waals surface area contributed by atoms with Gasteiger partial charge in [0.05, 0.1) is 6.54 Å². The molecule has 1 aromatic carbocycles. The number of hydrogen-bond acceptors (Lipinski definition) is 3. The number of rotatable bonds is 5. The minimum absolute atomic E-state index is 0.00958. The second-order valence-corrected chi connectivity index (χ2v) is 6.07. The fourth-order valence-electron chi connectivity index (χ4n) is 2.75. The summed E-state index contributed by atoms with van der Waals surface area (Å²) in [6, 6.07) is 6.20. The number of halogens is 1. The van der Waals surface area contributed by atoms with Crippen LogP contribution in [0, 0.1) is 5.82 Å². The van der Waals surface area contributed by atoms with Gasteiger partial charge in [0.15, 0.2) is 0 Å². The van der Waals surface area contributed by atoms with Gasteiger partial charge in [-0.2, -0.15) is 0 Å². The number of nitrogens with one attached hydrogen (secondary N) is 2. The number of likely N-dealkylation sites (tertiary alicyclic amines) is 1. The van der Waals surface area contributed by atoms with Crippen LogP contribution in [0.1, 0.15) is 25.3 Å². The molecule has 1 aromatic rings. The summed E-state index contributed by atoms with van der Waals surface area (Å²) in [6.45, 7) is 3.82. The zero-order chi connectivity index (χ0) is 17.5. The predicted molar refractivity (Wildman–Crippen MR) is 91.7 cm³/mol. The van der Waals surface area contributed by atoms with Crippen LogP contribution in [0.15, 0.2) is 30.3 Å². The summed E-state index contributed by atoms with van der Waals surface area (Å²) >= 11 is 0. The third kappa shape index (κ3) is 5.45. The van der Waals surface area contributed by atoms with Gasteiger partial charge in [0, 0.05) is 32.3 Å². The van der Waals surface area contributed by atoms with E-state index in [1.165, 1.54) is 12.1 Å². The molecule has 24 heavy (non-hydrogen) atoms. The molecule has 0 aromatic heterocycles. The van der Waals surface area contributed by atoms with Crippen LogP contribution in [0.2, 0.25) is 0 Å². The van der Waals surface area contributed by atoms with Crippen molar-refractivity contribution in [2.45, 2.75) is 25.8 Å². The molecule has 1 saturated heterocycles. The van der Waals surface area contributed by atoms with Crippen molar-refractivity contribution in [2.75, 3.05) is 26.7 Å². The number of hydrogen-bond donors (Lipinski definition) is 2. The van der Waals surface area contributed by atoms with E-state index in [2.05, 4.69) is 15.5 Å². The summed E-state index contributed by atoms with van der Waals surface area (Å²) < 4.78 is 12.9. The Balaban J connectivity index is 1.82. The zero-order valence-electron chi connectivity index (χ0n) is 14.1. The quantitative estimate of drug-likeness (QED) is 0.804. The van der Waals surface area contributed by atoms with E-state index in [0.717, 1.165) is 37.1 Å². The summed E-state index contributed by atoms with van der Waals surface area (Å²) in [5, 5.41) is 5.62. The molecule has 0 aliphatic carbocycles. The molecule has 0 radical (unpaired) electrons. The van der Waals surface area contributed by atoms with Crippen molar-refractivity contribution in [3.63, 3.8) is 0 Å². The van der Waals surface area contributed by atoms with Crippen LogP contribution in [0.5, 0.6) is 0 Å². The lowest BCUT2D eigenvalue weighted by molar-refractivity contribution is -0.122. The summed E-state index contributed by atoms with van der Waals surface area (Å²) in [4.78, 5) is 25.6. The van der Waals surface area contributed by atoms with Gasteiger partial charge < -0.3 is 10.6 Å². The van der Waals surface area contributed by atoms with Crippen molar-refractivity contribution in [3.05, 3.63) is 41.7 Å². The summed E-state index contributed by atoms with van der Waals surface area (Å²) in [6.07, 6.45) is 3.20. The summed E-state index contributed by atoms with van der Waals surface area (Å²) in [7, 11) is 1.63. The largest absolute Gasteiger partial charge is 0.358 e. The molecule has 1 heterocycles. The van der Waals surface area contributed by atoms with Crippen LogP contribution in [0.3, 0.4) is 0 Å². The van der Waals surface area contributed by atoms with Crippen LogP contribution in [-0.4, -0.2) is 49.4 Å². The average molecular weight is 333 g/mol. The van der Waals surface area contributed by atoms with Crippen molar-refractivity contribution >= 4 is 17.4 Å². The lowest BCUT2D eigenvalue weighted by Gasteiger charge is -2.31. The topological polar surface area (TPSA) is 61.4 Å². The Morgan fingerprint density at radius 1 is 1.25 bits per heavy atom. The third-order valence-corrected chi connectivity index (χ3v) is 4.23. The highest BCUT2D eigenvalue weighted by atomic mass is 19.1. The van der Waals surface area contributed by atoms with E-state index in [0.29, 0.717) is 6.54 Å². The molecule has 0 spiro atoms. The van der Waals surface area contributed by atoms with E-state index < -0.39 is 0 Å². The van der Waals surface area contributed by atoms with Gasteiger partial charge >= 0.3 is 0 Å². The predicted octanol–water partition coefficient (Wildman–Crippen LogP) is 1.56. The second kappa shape index (κ2) is 8.59. The first-order valence-corrected chi connectivity index (χ1v) is 8.15. The molecule has 1 aliphatic heterocycles. The Labute approximate surface area is 141 Å². The molecule has 2 rings (SSSR count). The lowest BCUT2D eigenvalue weighted by atomic mass is 10.0. The number of benzene rings is 1. The van der Waals surface area contributed by atoms with E-state index in [4.69, 9.17) is 0 Å². The molecule has 1 aliphatic rings. The van der Waals surface area contributed by atoms with E-state index in [-0.39, 0.29) is 23.7 Å². The van der Waals surface area contributed by atoms with Gasteiger partial charge in [-0.3, -0.25) is 14.5 Å². The Bertz CT molecular complexity index is 605. The monoisotopic (exact) mass is 333 g/mol. The first kappa shape index (κ1) is 18.1. The highest BCUT2D eigenvalue weighted by Gasteiger charge is 2.21. The van der Waals surface area contributed by atoms with E-state index in [1.54, 1.807) is 25.3 Å². The first-order valence-electron chi connectivity index (χ1n) is 8.15. The van der Waals surface area contributed by atoms with Crippen LogP contribution < -0.4 is 10.6 Å². The van der Waals surface area contributed by atoms with Crippen LogP contribution in [-0.2, 0) is 9.59 Å². The highest BCUT2D eigenvalue weighted by molar-refractivity contribution is 5.95. The summed E-state index contributed by atoms with van der Waals surface area (Å²) in [5.74, 6) is -0.420. The molecule has 2 N–H and O–H groups in total. The smallest absolute Gasteiger partial charge is 0.244 e. The second-order valence-electron chi connectivity index (χ2n) is 6.07. The van der Waals surface area contributed by atoms with Crippen molar-refractivity contribution in [1.82, 2.24) is 15.5 Å². The molecule has 0 saturated carbocycles. The van der Waals surface area contributed by atoms with E-state index in [9.17, 15) is 14.0 Å². The van der Waals surface area contributed by atoms with Gasteiger partial charge in [-0.05, 0) is 43.0 Å². The summed E-state index contributed by atoms with van der Waals surface area (Å²) in [5.41, 5.74) is 1.62. The number of allylic oxidation sites excluding steroid dienone is 1. The zero-order valence-corrected chi connectivity index (χ0v) is 14.1. The Morgan fingerprint density at radius 2 is 1.88 bits per heavy atom. The average Bonchev–Trinajstić information content (AvgIpc) is 2.57. The van der Waals surface area contributed by atoms with Crippen molar-refractivity contribution < 1.29 is 14.0 Å². The normalized spacial score (nSPS) is 16.7. The number of carbonyl (C=O) groups is 2. The number of carbonyl (C=O) groups excluding carboxylic acids is 2. The SMILES string of the molecule is CNC(=O)CN1CCC(NC(=O)/C=C(/C)c2ccc(F)cc2)CC1. The van der Waals surface area contributed by atoms with Crippen molar-refractivity contribution in [2.24, 2.45) is 0 Å². The van der Waals surface area contributed by atoms with Gasteiger partial charge in [0.1, 0.15) is 5.82 Å². The number of nitrogens with zero attached hydrogens (tertiary/aromatic N) is 1.